The molecule has 0 saturated carbocycles. The van der Waals surface area contributed by atoms with Gasteiger partial charge in [0, 0.05) is 13.0 Å². The van der Waals surface area contributed by atoms with Gasteiger partial charge in [0.2, 0.25) is 5.91 Å². The van der Waals surface area contributed by atoms with Crippen LogP contribution < -0.4 is 10.6 Å². The number of amides is 1. The Morgan fingerprint density at radius 2 is 1.57 bits per heavy atom. The maximum absolute atomic E-state index is 13.3. The summed E-state index contributed by atoms with van der Waals surface area (Å²) >= 11 is 0. The van der Waals surface area contributed by atoms with Gasteiger partial charge in [-0.25, -0.2) is 0 Å². The maximum atomic E-state index is 13.3. The molecule has 2 heterocycles. The number of carbonyl (C=O) groups is 1. The van der Waals surface area contributed by atoms with Gasteiger partial charge in [0.05, 0.1) is 34.9 Å². The molecule has 0 radical (unpaired) electrons. The highest BCUT2D eigenvalue weighted by molar-refractivity contribution is 5.79. The van der Waals surface area contributed by atoms with Gasteiger partial charge in [-0.3, -0.25) is 4.79 Å². The predicted octanol–water partition coefficient (Wildman–Crippen LogP) is 5.73. The molecular formula is C25H26F6N2O2. The largest absolute Gasteiger partial charge is 0.416 e. The quantitative estimate of drug-likeness (QED) is 0.516. The van der Waals surface area contributed by atoms with E-state index in [1.807, 2.05) is 30.3 Å². The first-order valence-corrected chi connectivity index (χ1v) is 11.3. The second-order valence-corrected chi connectivity index (χ2v) is 9.42. The summed E-state index contributed by atoms with van der Waals surface area (Å²) in [5.41, 5.74) is -3.11. The number of hydrogen-bond donors (Lipinski definition) is 2. The third-order valence-electron chi connectivity index (χ3n) is 7.02. The van der Waals surface area contributed by atoms with Gasteiger partial charge in [-0.05, 0) is 55.5 Å². The van der Waals surface area contributed by atoms with Crippen LogP contribution in [-0.2, 0) is 27.4 Å². The third kappa shape index (κ3) is 5.48. The van der Waals surface area contributed by atoms with Gasteiger partial charge >= 0.3 is 12.4 Å². The van der Waals surface area contributed by atoms with Crippen LogP contribution in [0.3, 0.4) is 0 Å². The van der Waals surface area contributed by atoms with Crippen LogP contribution in [0.1, 0.15) is 61.0 Å². The SMILES string of the molecule is C[C@@H](OCC1(c2ccccc2)CC[C@]2(CCC(=O)N2)CN1)c1cc(C(F)(F)F)cc(C(F)(F)F)c1. The lowest BCUT2D eigenvalue weighted by molar-refractivity contribution is -0.143. The van der Waals surface area contributed by atoms with E-state index >= 15 is 0 Å². The van der Waals surface area contributed by atoms with E-state index < -0.39 is 35.1 Å². The van der Waals surface area contributed by atoms with Crippen LogP contribution in [0.15, 0.2) is 48.5 Å². The smallest absolute Gasteiger partial charge is 0.372 e. The molecule has 1 amide bonds. The van der Waals surface area contributed by atoms with Crippen LogP contribution in [0.5, 0.6) is 0 Å². The van der Waals surface area contributed by atoms with Crippen molar-refractivity contribution >= 4 is 5.91 Å². The zero-order valence-electron chi connectivity index (χ0n) is 19.0. The Kier molecular flexibility index (Phi) is 6.65. The van der Waals surface area contributed by atoms with Gasteiger partial charge in [0.25, 0.3) is 0 Å². The number of ether oxygens (including phenoxy) is 1. The zero-order valence-corrected chi connectivity index (χ0v) is 19.0. The van der Waals surface area contributed by atoms with E-state index in [0.717, 1.165) is 5.56 Å². The minimum absolute atomic E-state index is 0.00565. The summed E-state index contributed by atoms with van der Waals surface area (Å²) < 4.78 is 85.6. The van der Waals surface area contributed by atoms with E-state index in [1.165, 1.54) is 6.92 Å². The zero-order chi connectivity index (χ0) is 25.5. The number of piperidine rings is 1. The molecule has 2 aliphatic rings. The normalized spacial score (nSPS) is 26.1. The van der Waals surface area contributed by atoms with Crippen molar-refractivity contribution in [2.45, 2.75) is 62.1 Å². The Morgan fingerprint density at radius 1 is 0.943 bits per heavy atom. The Bertz CT molecular complexity index is 1030. The summed E-state index contributed by atoms with van der Waals surface area (Å²) in [7, 11) is 0. The van der Waals surface area contributed by atoms with Gasteiger partial charge in [0.15, 0.2) is 0 Å². The van der Waals surface area contributed by atoms with Crippen LogP contribution in [0.25, 0.3) is 0 Å². The molecule has 190 valence electrons. The number of rotatable bonds is 5. The Labute approximate surface area is 199 Å². The van der Waals surface area contributed by atoms with Crippen LogP contribution in [0, 0.1) is 0 Å². The van der Waals surface area contributed by atoms with Gasteiger partial charge in [-0.1, -0.05) is 30.3 Å². The van der Waals surface area contributed by atoms with Crippen LogP contribution in [0.2, 0.25) is 0 Å². The molecule has 1 unspecified atom stereocenters. The third-order valence-corrected chi connectivity index (χ3v) is 7.02. The van der Waals surface area contributed by atoms with E-state index in [-0.39, 0.29) is 29.7 Å². The Morgan fingerprint density at radius 3 is 2.06 bits per heavy atom. The molecule has 35 heavy (non-hydrogen) atoms. The highest BCUT2D eigenvalue weighted by Gasteiger charge is 2.47. The number of alkyl halides is 6. The molecule has 2 N–H and O–H groups in total. The van der Waals surface area contributed by atoms with Gasteiger partial charge in [-0.15, -0.1) is 0 Å². The highest BCUT2D eigenvalue weighted by Crippen LogP contribution is 2.40. The molecule has 4 nitrogen and oxygen atoms in total. The fourth-order valence-corrected chi connectivity index (χ4v) is 4.85. The molecule has 4 rings (SSSR count). The minimum Gasteiger partial charge on any atom is -0.372 e. The standard InChI is InChI=1S/C25H26F6N2O2/c1-16(17-11-19(24(26,27)28)13-20(12-17)25(29,30)31)35-15-23(18-5-3-2-4-6-18)10-9-22(14-32-23)8-7-21(34)33-22/h2-6,11-13,16,32H,7-10,14-15H2,1H3,(H,33,34)/t16-,22-,23?/m1/s1. The van der Waals surface area contributed by atoms with E-state index in [0.29, 0.717) is 44.4 Å². The lowest BCUT2D eigenvalue weighted by Crippen LogP contribution is -2.61. The van der Waals surface area contributed by atoms with Crippen molar-refractivity contribution < 1.29 is 35.9 Å². The number of benzene rings is 2. The Hall–Kier alpha value is -2.59. The van der Waals surface area contributed by atoms with E-state index in [1.54, 1.807) is 0 Å². The first-order chi connectivity index (χ1) is 16.3. The van der Waals surface area contributed by atoms with Crippen molar-refractivity contribution in [3.05, 3.63) is 70.8 Å². The molecule has 2 aromatic rings. The summed E-state index contributed by atoms with van der Waals surface area (Å²) in [6.45, 7) is 1.95. The van der Waals surface area contributed by atoms with E-state index in [4.69, 9.17) is 4.74 Å². The number of halogens is 6. The topological polar surface area (TPSA) is 50.4 Å². The van der Waals surface area contributed by atoms with Gasteiger partial charge in [0.1, 0.15) is 0 Å². The first-order valence-electron chi connectivity index (χ1n) is 11.3. The van der Waals surface area contributed by atoms with Crippen molar-refractivity contribution in [3.63, 3.8) is 0 Å². The summed E-state index contributed by atoms with van der Waals surface area (Å²) in [4.78, 5) is 11.8. The second kappa shape index (κ2) is 9.13. The maximum Gasteiger partial charge on any atom is 0.416 e. The van der Waals surface area contributed by atoms with Gasteiger partial charge < -0.3 is 15.4 Å². The van der Waals surface area contributed by atoms with Crippen molar-refractivity contribution in [1.29, 1.82) is 0 Å². The van der Waals surface area contributed by atoms with Crippen molar-refractivity contribution in [3.8, 4) is 0 Å². The molecule has 2 fully saturated rings. The van der Waals surface area contributed by atoms with Crippen molar-refractivity contribution in [2.75, 3.05) is 13.2 Å². The summed E-state index contributed by atoms with van der Waals surface area (Å²) in [6.07, 6.45) is -8.49. The molecular weight excluding hydrogens is 474 g/mol. The molecule has 1 spiro atoms. The first kappa shape index (κ1) is 25.5. The van der Waals surface area contributed by atoms with Gasteiger partial charge in [-0.2, -0.15) is 26.3 Å². The van der Waals surface area contributed by atoms with Crippen LogP contribution >= 0.6 is 0 Å². The molecule has 2 aliphatic heterocycles. The minimum atomic E-state index is -4.92. The van der Waals surface area contributed by atoms with Crippen molar-refractivity contribution in [1.82, 2.24) is 10.6 Å². The Balaban J connectivity index is 1.58. The highest BCUT2D eigenvalue weighted by atomic mass is 19.4. The monoisotopic (exact) mass is 500 g/mol. The van der Waals surface area contributed by atoms with Crippen molar-refractivity contribution in [2.24, 2.45) is 0 Å². The lowest BCUT2D eigenvalue weighted by Gasteiger charge is -2.46. The van der Waals surface area contributed by atoms with Crippen LogP contribution in [0.4, 0.5) is 26.3 Å². The molecule has 0 bridgehead atoms. The fraction of sp³-hybridized carbons (Fsp3) is 0.480. The molecule has 3 atom stereocenters. The summed E-state index contributed by atoms with van der Waals surface area (Å²) in [5, 5.41) is 6.52. The second-order valence-electron chi connectivity index (χ2n) is 9.42. The number of hydrogen-bond acceptors (Lipinski definition) is 3. The number of nitrogens with one attached hydrogen (secondary N) is 2. The molecule has 10 heteroatoms. The molecule has 2 aromatic carbocycles. The average molecular weight is 500 g/mol. The summed E-state index contributed by atoms with van der Waals surface area (Å²) in [5.74, 6) is -0.00565. The molecule has 0 aliphatic carbocycles. The average Bonchev–Trinajstić information content (AvgIpc) is 3.18. The predicted molar refractivity (Wildman–Crippen MR) is 116 cm³/mol. The number of carbonyl (C=O) groups excluding carboxylic acids is 1. The van der Waals surface area contributed by atoms with E-state index in [2.05, 4.69) is 10.6 Å². The molecule has 0 aromatic heterocycles. The molecule has 2 saturated heterocycles. The fourth-order valence-electron chi connectivity index (χ4n) is 4.85. The van der Waals surface area contributed by atoms with Crippen LogP contribution in [-0.4, -0.2) is 24.6 Å². The van der Waals surface area contributed by atoms with E-state index in [9.17, 15) is 31.1 Å². The summed E-state index contributed by atoms with van der Waals surface area (Å²) in [6, 6.07) is 10.9. The lowest BCUT2D eigenvalue weighted by atomic mass is 9.76.